The highest BCUT2D eigenvalue weighted by Crippen LogP contribution is 2.17. The maximum Gasteiger partial charge on any atom is 0.325 e. The fourth-order valence-corrected chi connectivity index (χ4v) is 2.94. The van der Waals surface area contributed by atoms with Crippen LogP contribution in [0.2, 0.25) is 0 Å². The minimum absolute atomic E-state index is 0.159. The number of carbonyl (C=O) groups is 3. The molecular formula is C19H23N5O4. The Labute approximate surface area is 162 Å². The summed E-state index contributed by atoms with van der Waals surface area (Å²) in [6, 6.07) is 7.86. The van der Waals surface area contributed by atoms with Crippen LogP contribution in [-0.4, -0.2) is 52.2 Å². The van der Waals surface area contributed by atoms with Crippen LogP contribution in [0, 0.1) is 0 Å². The van der Waals surface area contributed by atoms with Crippen LogP contribution in [0.15, 0.2) is 42.7 Å². The van der Waals surface area contributed by atoms with E-state index < -0.39 is 12.1 Å². The summed E-state index contributed by atoms with van der Waals surface area (Å²) in [6.45, 7) is 1.21. The van der Waals surface area contributed by atoms with Crippen molar-refractivity contribution >= 4 is 17.8 Å². The van der Waals surface area contributed by atoms with Gasteiger partial charge < -0.3 is 15.4 Å². The number of benzene rings is 1. The minimum Gasteiger partial charge on any atom is -0.497 e. The van der Waals surface area contributed by atoms with Gasteiger partial charge in [0.25, 0.3) is 5.91 Å². The SMILES string of the molecule is COc1ccc(CN2C(=O)N[C@@H](CCC(=O)NCCn3cccn3)C2=O)cc1. The first-order valence-electron chi connectivity index (χ1n) is 9.06. The fourth-order valence-electron chi connectivity index (χ4n) is 2.94. The topological polar surface area (TPSA) is 106 Å². The first-order valence-corrected chi connectivity index (χ1v) is 9.06. The molecule has 0 radical (unpaired) electrons. The second-order valence-electron chi connectivity index (χ2n) is 6.43. The number of rotatable bonds is 9. The Kier molecular flexibility index (Phi) is 6.25. The summed E-state index contributed by atoms with van der Waals surface area (Å²) in [5, 5.41) is 9.49. The Morgan fingerprint density at radius 2 is 2.07 bits per heavy atom. The van der Waals surface area contributed by atoms with E-state index in [9.17, 15) is 14.4 Å². The Balaban J connectivity index is 1.44. The predicted octanol–water partition coefficient (Wildman–Crippen LogP) is 0.909. The van der Waals surface area contributed by atoms with Crippen LogP contribution < -0.4 is 15.4 Å². The average Bonchev–Trinajstić information content (AvgIpc) is 3.31. The molecule has 1 aromatic heterocycles. The van der Waals surface area contributed by atoms with Crippen molar-refractivity contribution < 1.29 is 19.1 Å². The van der Waals surface area contributed by atoms with Gasteiger partial charge in [0.05, 0.1) is 20.2 Å². The van der Waals surface area contributed by atoms with Gasteiger partial charge in [-0.2, -0.15) is 5.10 Å². The van der Waals surface area contributed by atoms with Gasteiger partial charge in [-0.1, -0.05) is 12.1 Å². The molecule has 1 aromatic carbocycles. The molecular weight excluding hydrogens is 362 g/mol. The summed E-state index contributed by atoms with van der Waals surface area (Å²) in [5.74, 6) is 0.227. The lowest BCUT2D eigenvalue weighted by molar-refractivity contribution is -0.128. The molecule has 9 heteroatoms. The van der Waals surface area contributed by atoms with E-state index in [-0.39, 0.29) is 31.2 Å². The van der Waals surface area contributed by atoms with Gasteiger partial charge in [0.1, 0.15) is 11.8 Å². The van der Waals surface area contributed by atoms with E-state index in [1.807, 2.05) is 12.3 Å². The minimum atomic E-state index is -0.678. The average molecular weight is 385 g/mol. The molecule has 28 heavy (non-hydrogen) atoms. The molecule has 0 saturated carbocycles. The molecule has 3 rings (SSSR count). The van der Waals surface area contributed by atoms with Crippen molar-refractivity contribution in [2.75, 3.05) is 13.7 Å². The maximum atomic E-state index is 12.5. The highest BCUT2D eigenvalue weighted by molar-refractivity contribution is 6.04. The number of hydrogen-bond acceptors (Lipinski definition) is 5. The smallest absolute Gasteiger partial charge is 0.325 e. The third kappa shape index (κ3) is 4.87. The zero-order valence-corrected chi connectivity index (χ0v) is 15.6. The van der Waals surface area contributed by atoms with Crippen LogP contribution in [0.4, 0.5) is 4.79 Å². The first kappa shape index (κ1) is 19.4. The van der Waals surface area contributed by atoms with Crippen molar-refractivity contribution in [2.24, 2.45) is 0 Å². The number of ether oxygens (including phenoxy) is 1. The molecule has 1 atom stereocenters. The number of carbonyl (C=O) groups excluding carboxylic acids is 3. The standard InChI is InChI=1S/C19H23N5O4/c1-28-15-5-3-14(4-6-15)13-24-18(26)16(22-19(24)27)7-8-17(25)20-10-12-23-11-2-9-21-23/h2-6,9,11,16H,7-8,10,12-13H2,1H3,(H,20,25)(H,22,27)/t16-/m0/s1. The molecule has 0 aliphatic carbocycles. The van der Waals surface area contributed by atoms with E-state index >= 15 is 0 Å². The molecule has 2 aromatic rings. The van der Waals surface area contributed by atoms with Crippen molar-refractivity contribution in [1.82, 2.24) is 25.3 Å². The molecule has 1 aliphatic rings. The van der Waals surface area contributed by atoms with E-state index in [0.29, 0.717) is 18.8 Å². The van der Waals surface area contributed by atoms with Crippen LogP contribution in [0.3, 0.4) is 0 Å². The Morgan fingerprint density at radius 1 is 1.29 bits per heavy atom. The second-order valence-corrected chi connectivity index (χ2v) is 6.43. The van der Waals surface area contributed by atoms with Crippen molar-refractivity contribution in [1.29, 1.82) is 0 Å². The summed E-state index contributed by atoms with van der Waals surface area (Å²) >= 11 is 0. The quantitative estimate of drug-likeness (QED) is 0.624. The fraction of sp³-hybridized carbons (Fsp3) is 0.368. The molecule has 2 heterocycles. The van der Waals surface area contributed by atoms with Gasteiger partial charge in [-0.05, 0) is 30.2 Å². The van der Waals surface area contributed by atoms with Crippen molar-refractivity contribution in [3.8, 4) is 5.75 Å². The van der Waals surface area contributed by atoms with Crippen molar-refractivity contribution in [2.45, 2.75) is 32.0 Å². The molecule has 0 unspecified atom stereocenters. The largest absolute Gasteiger partial charge is 0.497 e. The Hall–Kier alpha value is -3.36. The van der Waals surface area contributed by atoms with Crippen molar-refractivity contribution in [3.05, 3.63) is 48.3 Å². The van der Waals surface area contributed by atoms with E-state index in [4.69, 9.17) is 4.74 Å². The van der Waals surface area contributed by atoms with Crippen molar-refractivity contribution in [3.63, 3.8) is 0 Å². The van der Waals surface area contributed by atoms with Gasteiger partial charge in [-0.15, -0.1) is 0 Å². The van der Waals surface area contributed by atoms with Gasteiger partial charge in [0.15, 0.2) is 0 Å². The lowest BCUT2D eigenvalue weighted by atomic mass is 10.1. The number of nitrogens with zero attached hydrogens (tertiary/aromatic N) is 3. The van der Waals surface area contributed by atoms with E-state index in [2.05, 4.69) is 15.7 Å². The molecule has 9 nitrogen and oxygen atoms in total. The predicted molar refractivity (Wildman–Crippen MR) is 100 cm³/mol. The highest BCUT2D eigenvalue weighted by atomic mass is 16.5. The van der Waals surface area contributed by atoms with E-state index in [1.54, 1.807) is 42.3 Å². The summed E-state index contributed by atoms with van der Waals surface area (Å²) < 4.78 is 6.82. The lowest BCUT2D eigenvalue weighted by Gasteiger charge is -2.13. The number of urea groups is 1. The molecule has 0 spiro atoms. The normalized spacial score (nSPS) is 16.2. The van der Waals surface area contributed by atoms with Gasteiger partial charge >= 0.3 is 6.03 Å². The molecule has 148 valence electrons. The number of nitrogens with one attached hydrogen (secondary N) is 2. The Bertz CT molecular complexity index is 819. The summed E-state index contributed by atoms with van der Waals surface area (Å²) in [5.41, 5.74) is 0.821. The second kappa shape index (κ2) is 9.03. The van der Waals surface area contributed by atoms with Crippen LogP contribution in [0.1, 0.15) is 18.4 Å². The van der Waals surface area contributed by atoms with Gasteiger partial charge in [-0.3, -0.25) is 19.2 Å². The molecule has 4 amide bonds. The molecule has 0 bridgehead atoms. The van der Waals surface area contributed by atoms with Crippen LogP contribution in [0.5, 0.6) is 5.75 Å². The molecule has 1 aliphatic heterocycles. The summed E-state index contributed by atoms with van der Waals surface area (Å²) in [4.78, 5) is 37.8. The zero-order valence-electron chi connectivity index (χ0n) is 15.6. The van der Waals surface area contributed by atoms with Crippen LogP contribution >= 0.6 is 0 Å². The monoisotopic (exact) mass is 385 g/mol. The zero-order chi connectivity index (χ0) is 19.9. The lowest BCUT2D eigenvalue weighted by Crippen LogP contribution is -2.33. The van der Waals surface area contributed by atoms with E-state index in [1.165, 1.54) is 4.90 Å². The number of hydrogen-bond donors (Lipinski definition) is 2. The van der Waals surface area contributed by atoms with Crippen LogP contribution in [-0.2, 0) is 22.7 Å². The number of methoxy groups -OCH3 is 1. The Morgan fingerprint density at radius 3 is 2.75 bits per heavy atom. The number of aromatic nitrogens is 2. The van der Waals surface area contributed by atoms with Gasteiger partial charge in [-0.25, -0.2) is 4.79 Å². The number of amides is 4. The third-order valence-corrected chi connectivity index (χ3v) is 4.49. The molecule has 1 fully saturated rings. The maximum absolute atomic E-state index is 12.5. The third-order valence-electron chi connectivity index (χ3n) is 4.49. The van der Waals surface area contributed by atoms with Crippen LogP contribution in [0.25, 0.3) is 0 Å². The van der Waals surface area contributed by atoms with Gasteiger partial charge in [0, 0.05) is 25.4 Å². The molecule has 1 saturated heterocycles. The van der Waals surface area contributed by atoms with Gasteiger partial charge in [0.2, 0.25) is 5.91 Å². The summed E-state index contributed by atoms with van der Waals surface area (Å²) in [7, 11) is 1.57. The van der Waals surface area contributed by atoms with E-state index in [0.717, 1.165) is 5.56 Å². The molecule has 2 N–H and O–H groups in total. The number of imide groups is 1. The highest BCUT2D eigenvalue weighted by Gasteiger charge is 2.37. The summed E-state index contributed by atoms with van der Waals surface area (Å²) in [6.07, 6.45) is 3.91. The first-order chi connectivity index (χ1) is 13.6.